The Morgan fingerprint density at radius 3 is 2.40 bits per heavy atom. The van der Waals surface area contributed by atoms with Gasteiger partial charge in [0.2, 0.25) is 0 Å². The molecule has 0 aliphatic heterocycles. The number of carbonyl (C=O) groups excluding carboxylic acids is 1. The van der Waals surface area contributed by atoms with Gasteiger partial charge in [0.1, 0.15) is 11.5 Å². The molecule has 9 nitrogen and oxygen atoms in total. The number of carbonyl (C=O) groups is 1. The zero-order valence-corrected chi connectivity index (χ0v) is 23.3. The van der Waals surface area contributed by atoms with Crippen LogP contribution < -0.4 is 14.2 Å². The van der Waals surface area contributed by atoms with Crippen LogP contribution in [-0.4, -0.2) is 50.0 Å². The lowest BCUT2D eigenvalue weighted by Gasteiger charge is -2.17. The number of nitrogens with one attached hydrogen (secondary N) is 1. The molecule has 1 aromatic heterocycles. The Kier molecular flexibility index (Phi) is 8.59. The van der Waals surface area contributed by atoms with Crippen molar-refractivity contribution < 1.29 is 45.4 Å². The predicted octanol–water partition coefficient (Wildman–Crippen LogP) is 5.51. The minimum atomic E-state index is -4.92. The SMILES string of the molecule is CC(O)c1cc2c(Oc3ccc(NS(=O)(=O)c4ccccc4C(F)(F)F)cc3F)ccnc2cc1OCC(=O)N(C)C. The average molecular weight is 608 g/mol. The van der Waals surface area contributed by atoms with Gasteiger partial charge in [-0.05, 0) is 43.3 Å². The lowest BCUT2D eigenvalue weighted by Crippen LogP contribution is -2.27. The van der Waals surface area contributed by atoms with E-state index in [2.05, 4.69) is 4.98 Å². The number of aromatic nitrogens is 1. The summed E-state index contributed by atoms with van der Waals surface area (Å²) in [5.74, 6) is -1.29. The Hall–Kier alpha value is -4.43. The van der Waals surface area contributed by atoms with Gasteiger partial charge < -0.3 is 19.5 Å². The van der Waals surface area contributed by atoms with E-state index in [0.717, 1.165) is 36.4 Å². The average Bonchev–Trinajstić information content (AvgIpc) is 2.92. The van der Waals surface area contributed by atoms with Gasteiger partial charge in [-0.3, -0.25) is 14.5 Å². The van der Waals surface area contributed by atoms with Crippen LogP contribution >= 0.6 is 0 Å². The highest BCUT2D eigenvalue weighted by Gasteiger charge is 2.37. The number of rotatable bonds is 9. The normalized spacial score (nSPS) is 12.6. The Labute approximate surface area is 238 Å². The van der Waals surface area contributed by atoms with E-state index in [1.165, 1.54) is 36.2 Å². The number of amides is 1. The summed E-state index contributed by atoms with van der Waals surface area (Å²) in [5.41, 5.74) is -1.03. The molecule has 0 spiro atoms. The molecule has 2 N–H and O–H groups in total. The van der Waals surface area contributed by atoms with Crippen LogP contribution in [0.2, 0.25) is 0 Å². The van der Waals surface area contributed by atoms with Crippen molar-refractivity contribution in [2.75, 3.05) is 25.4 Å². The zero-order chi connectivity index (χ0) is 30.8. The number of benzene rings is 3. The molecule has 42 heavy (non-hydrogen) atoms. The van der Waals surface area contributed by atoms with Crippen LogP contribution in [0.25, 0.3) is 10.9 Å². The van der Waals surface area contributed by atoms with Gasteiger partial charge in [0.25, 0.3) is 15.9 Å². The smallest absolute Gasteiger partial charge is 0.417 e. The second-order valence-electron chi connectivity index (χ2n) is 9.32. The molecule has 4 rings (SSSR count). The molecule has 0 aliphatic rings. The molecule has 1 heterocycles. The first-order valence-electron chi connectivity index (χ1n) is 12.3. The summed E-state index contributed by atoms with van der Waals surface area (Å²) in [5, 5.41) is 10.7. The van der Waals surface area contributed by atoms with Gasteiger partial charge in [-0.15, -0.1) is 0 Å². The topological polar surface area (TPSA) is 118 Å². The van der Waals surface area contributed by atoms with E-state index in [9.17, 15) is 31.5 Å². The number of hydrogen-bond donors (Lipinski definition) is 2. The number of ether oxygens (including phenoxy) is 2. The molecule has 14 heteroatoms. The van der Waals surface area contributed by atoms with Crippen molar-refractivity contribution in [2.24, 2.45) is 0 Å². The van der Waals surface area contributed by atoms with Gasteiger partial charge in [0.15, 0.2) is 18.2 Å². The predicted molar refractivity (Wildman–Crippen MR) is 145 cm³/mol. The number of hydrogen-bond acceptors (Lipinski definition) is 7. The number of fused-ring (bicyclic) bond motifs is 1. The largest absolute Gasteiger partial charge is 0.483 e. The summed E-state index contributed by atoms with van der Waals surface area (Å²) < 4.78 is 93.8. The Balaban J connectivity index is 1.62. The van der Waals surface area contributed by atoms with E-state index < -0.39 is 38.6 Å². The fraction of sp³-hybridized carbons (Fsp3) is 0.214. The molecule has 0 saturated heterocycles. The van der Waals surface area contributed by atoms with Gasteiger partial charge in [0, 0.05) is 43.4 Å². The Bertz CT molecular complexity index is 1740. The molecule has 0 saturated carbocycles. The van der Waals surface area contributed by atoms with Gasteiger partial charge in [-0.1, -0.05) is 12.1 Å². The molecule has 0 fully saturated rings. The fourth-order valence-corrected chi connectivity index (χ4v) is 5.16. The molecular weight excluding hydrogens is 582 g/mol. The number of aliphatic hydroxyl groups excluding tert-OH is 1. The maximum atomic E-state index is 15.0. The van der Waals surface area contributed by atoms with Crippen molar-refractivity contribution in [3.05, 3.63) is 83.8 Å². The van der Waals surface area contributed by atoms with Crippen molar-refractivity contribution in [1.29, 1.82) is 0 Å². The van der Waals surface area contributed by atoms with Crippen LogP contribution in [0.4, 0.5) is 23.2 Å². The van der Waals surface area contributed by atoms with E-state index >= 15 is 4.39 Å². The third kappa shape index (κ3) is 6.71. The molecule has 222 valence electrons. The lowest BCUT2D eigenvalue weighted by atomic mass is 10.0. The quantitative estimate of drug-likeness (QED) is 0.241. The monoisotopic (exact) mass is 607 g/mol. The van der Waals surface area contributed by atoms with Crippen LogP contribution in [-0.2, 0) is 21.0 Å². The standard InChI is InChI=1S/C28H25F4N3O6S/c1-16(36)18-13-19-22(14-25(18)40-15-27(37)35(2)3)33-11-10-23(19)41-24-9-8-17(12-21(24)29)34-42(38,39)26-7-5-4-6-20(26)28(30,31)32/h4-14,16,34,36H,15H2,1-3H3. The number of aliphatic hydroxyl groups is 1. The summed E-state index contributed by atoms with van der Waals surface area (Å²) in [7, 11) is -1.58. The molecule has 1 atom stereocenters. The van der Waals surface area contributed by atoms with Crippen molar-refractivity contribution in [2.45, 2.75) is 24.1 Å². The van der Waals surface area contributed by atoms with Crippen LogP contribution in [0.1, 0.15) is 24.2 Å². The number of halogens is 4. The van der Waals surface area contributed by atoms with Gasteiger partial charge in [-0.25, -0.2) is 12.8 Å². The molecule has 3 aromatic carbocycles. The molecule has 1 amide bonds. The summed E-state index contributed by atoms with van der Waals surface area (Å²) in [6.07, 6.45) is -4.56. The maximum Gasteiger partial charge on any atom is 0.417 e. The number of nitrogens with zero attached hydrogens (tertiary/aromatic N) is 2. The Morgan fingerprint density at radius 1 is 1.05 bits per heavy atom. The van der Waals surface area contributed by atoms with E-state index in [-0.39, 0.29) is 35.4 Å². The second-order valence-corrected chi connectivity index (χ2v) is 11.0. The van der Waals surface area contributed by atoms with Crippen LogP contribution in [0.3, 0.4) is 0 Å². The highest BCUT2D eigenvalue weighted by molar-refractivity contribution is 7.92. The van der Waals surface area contributed by atoms with Crippen LogP contribution in [0.5, 0.6) is 17.2 Å². The minimum absolute atomic E-state index is 0.129. The van der Waals surface area contributed by atoms with E-state index in [1.54, 1.807) is 14.1 Å². The molecular formula is C28H25F4N3O6S. The van der Waals surface area contributed by atoms with Crippen LogP contribution in [0.15, 0.2) is 71.8 Å². The number of likely N-dealkylation sites (N-methyl/N-ethyl adjacent to an activating group) is 1. The summed E-state index contributed by atoms with van der Waals surface area (Å²) in [6.45, 7) is 1.21. The van der Waals surface area contributed by atoms with E-state index in [1.807, 2.05) is 4.72 Å². The molecule has 0 radical (unpaired) electrons. The summed E-state index contributed by atoms with van der Waals surface area (Å²) >= 11 is 0. The third-order valence-electron chi connectivity index (χ3n) is 6.02. The van der Waals surface area contributed by atoms with Crippen molar-refractivity contribution >= 4 is 32.5 Å². The maximum absolute atomic E-state index is 15.0. The summed E-state index contributed by atoms with van der Waals surface area (Å²) in [6, 6.07) is 11.1. The first-order valence-corrected chi connectivity index (χ1v) is 13.8. The molecule has 0 aliphatic carbocycles. The minimum Gasteiger partial charge on any atom is -0.483 e. The van der Waals surface area contributed by atoms with Crippen LogP contribution in [0, 0.1) is 5.82 Å². The third-order valence-corrected chi connectivity index (χ3v) is 7.46. The van der Waals surface area contributed by atoms with Gasteiger partial charge in [0.05, 0.1) is 27.8 Å². The number of pyridine rings is 1. The zero-order valence-electron chi connectivity index (χ0n) is 22.4. The fourth-order valence-electron chi connectivity index (χ4n) is 3.88. The number of sulfonamides is 1. The van der Waals surface area contributed by atoms with Crippen molar-refractivity contribution in [3.8, 4) is 17.2 Å². The number of alkyl halides is 3. The molecule has 0 bridgehead atoms. The highest BCUT2D eigenvalue weighted by Crippen LogP contribution is 2.38. The van der Waals surface area contributed by atoms with Crippen molar-refractivity contribution in [1.82, 2.24) is 9.88 Å². The van der Waals surface area contributed by atoms with Gasteiger partial charge >= 0.3 is 6.18 Å². The molecule has 1 unspecified atom stereocenters. The van der Waals surface area contributed by atoms with Gasteiger partial charge in [-0.2, -0.15) is 13.2 Å². The number of anilines is 1. The first kappa shape index (κ1) is 30.5. The second kappa shape index (κ2) is 11.8. The highest BCUT2D eigenvalue weighted by atomic mass is 32.2. The first-order chi connectivity index (χ1) is 19.7. The Morgan fingerprint density at radius 2 is 1.76 bits per heavy atom. The van der Waals surface area contributed by atoms with Crippen molar-refractivity contribution in [3.63, 3.8) is 0 Å². The molecule has 4 aromatic rings. The summed E-state index contributed by atoms with van der Waals surface area (Å²) in [4.78, 5) is 16.5. The lowest BCUT2D eigenvalue weighted by molar-refractivity contribution is -0.139. The van der Waals surface area contributed by atoms with E-state index in [4.69, 9.17) is 9.47 Å². The van der Waals surface area contributed by atoms with E-state index in [0.29, 0.717) is 22.5 Å².